The van der Waals surface area contributed by atoms with Crippen molar-refractivity contribution in [1.82, 2.24) is 14.5 Å². The van der Waals surface area contributed by atoms with Gasteiger partial charge in [0.25, 0.3) is 0 Å². The molecule has 4 nitrogen and oxygen atoms in total. The molecule has 19 heavy (non-hydrogen) atoms. The lowest BCUT2D eigenvalue weighted by Crippen LogP contribution is -2.13. The number of hydrogen-bond acceptors (Lipinski definition) is 3. The largest absolute Gasteiger partial charge is 0.355 e. The first-order valence-electron chi connectivity index (χ1n) is 6.81. The number of rotatable bonds is 6. The molecule has 2 rings (SSSR count). The minimum atomic E-state index is 0.616. The van der Waals surface area contributed by atoms with E-state index >= 15 is 0 Å². The third-order valence-corrected chi connectivity index (χ3v) is 2.96. The Balaban J connectivity index is 1.99. The summed E-state index contributed by atoms with van der Waals surface area (Å²) in [7, 11) is 0. The molecule has 0 aromatic carbocycles. The van der Waals surface area contributed by atoms with Crippen molar-refractivity contribution in [3.05, 3.63) is 42.0 Å². The van der Waals surface area contributed by atoms with Gasteiger partial charge >= 0.3 is 0 Å². The maximum Gasteiger partial charge on any atom is 0.203 e. The first-order valence-corrected chi connectivity index (χ1v) is 6.81. The summed E-state index contributed by atoms with van der Waals surface area (Å²) in [6.45, 7) is 8.31. The summed E-state index contributed by atoms with van der Waals surface area (Å²) in [5, 5.41) is 3.41. The molecule has 0 saturated heterocycles. The van der Waals surface area contributed by atoms with E-state index in [1.807, 2.05) is 19.3 Å². The molecule has 0 radical (unpaired) electrons. The minimum Gasteiger partial charge on any atom is -0.355 e. The number of imidazole rings is 1. The van der Waals surface area contributed by atoms with Gasteiger partial charge in [-0.3, -0.25) is 4.98 Å². The maximum atomic E-state index is 4.53. The van der Waals surface area contributed by atoms with E-state index in [9.17, 15) is 0 Å². The number of nitrogens with one attached hydrogen (secondary N) is 1. The predicted octanol–water partition coefficient (Wildman–Crippen LogP) is 2.90. The second-order valence-corrected chi connectivity index (χ2v) is 5.28. The summed E-state index contributed by atoms with van der Waals surface area (Å²) < 4.78 is 2.19. The quantitative estimate of drug-likeness (QED) is 0.866. The van der Waals surface area contributed by atoms with E-state index in [4.69, 9.17) is 0 Å². The van der Waals surface area contributed by atoms with Crippen LogP contribution in [-0.4, -0.2) is 21.1 Å². The van der Waals surface area contributed by atoms with Crippen LogP contribution in [0.25, 0.3) is 0 Å². The molecule has 0 saturated carbocycles. The smallest absolute Gasteiger partial charge is 0.203 e. The van der Waals surface area contributed by atoms with E-state index in [1.165, 1.54) is 5.56 Å². The molecule has 0 aliphatic heterocycles. The lowest BCUT2D eigenvalue weighted by molar-refractivity contribution is 0.660. The summed E-state index contributed by atoms with van der Waals surface area (Å²) in [5.41, 5.74) is 2.36. The minimum absolute atomic E-state index is 0.616. The van der Waals surface area contributed by atoms with Gasteiger partial charge in [0.2, 0.25) is 5.95 Å². The fourth-order valence-corrected chi connectivity index (χ4v) is 1.95. The van der Waals surface area contributed by atoms with Gasteiger partial charge in [-0.05, 0) is 37.0 Å². The Morgan fingerprint density at radius 1 is 1.26 bits per heavy atom. The van der Waals surface area contributed by atoms with Gasteiger partial charge in [-0.1, -0.05) is 13.8 Å². The van der Waals surface area contributed by atoms with Crippen molar-refractivity contribution >= 4 is 5.95 Å². The molecule has 1 N–H and O–H groups in total. The molecule has 4 heteroatoms. The molecule has 0 atom stereocenters. The van der Waals surface area contributed by atoms with Gasteiger partial charge in [0.1, 0.15) is 0 Å². The molecule has 2 aromatic rings. The SMILES string of the molecule is Cc1cn(CCc2ccncc2)c(NCC(C)C)n1. The van der Waals surface area contributed by atoms with E-state index in [0.717, 1.165) is 31.2 Å². The second kappa shape index (κ2) is 6.36. The highest BCUT2D eigenvalue weighted by molar-refractivity contribution is 5.29. The number of hydrogen-bond donors (Lipinski definition) is 1. The van der Waals surface area contributed by atoms with Crippen LogP contribution in [0.3, 0.4) is 0 Å². The highest BCUT2D eigenvalue weighted by Crippen LogP contribution is 2.11. The number of aryl methyl sites for hydroxylation is 3. The molecule has 0 spiro atoms. The Hall–Kier alpha value is -1.84. The number of nitrogens with zero attached hydrogens (tertiary/aromatic N) is 3. The molecule has 102 valence electrons. The van der Waals surface area contributed by atoms with E-state index in [2.05, 4.69) is 52.0 Å². The van der Waals surface area contributed by atoms with Crippen molar-refractivity contribution < 1.29 is 0 Å². The van der Waals surface area contributed by atoms with Gasteiger partial charge < -0.3 is 9.88 Å². The van der Waals surface area contributed by atoms with E-state index in [0.29, 0.717) is 5.92 Å². The van der Waals surface area contributed by atoms with Crippen molar-refractivity contribution in [2.45, 2.75) is 33.7 Å². The van der Waals surface area contributed by atoms with Crippen molar-refractivity contribution in [3.63, 3.8) is 0 Å². The first-order chi connectivity index (χ1) is 9.15. The van der Waals surface area contributed by atoms with Crippen LogP contribution in [0.15, 0.2) is 30.7 Å². The average Bonchev–Trinajstić information content (AvgIpc) is 2.75. The second-order valence-electron chi connectivity index (χ2n) is 5.28. The lowest BCUT2D eigenvalue weighted by Gasteiger charge is -2.11. The number of pyridine rings is 1. The Bertz CT molecular complexity index is 502. The molecule has 0 aliphatic rings. The van der Waals surface area contributed by atoms with Crippen LogP contribution in [0, 0.1) is 12.8 Å². The average molecular weight is 258 g/mol. The van der Waals surface area contributed by atoms with Crippen LogP contribution in [0.4, 0.5) is 5.95 Å². The fraction of sp³-hybridized carbons (Fsp3) is 0.467. The van der Waals surface area contributed by atoms with E-state index < -0.39 is 0 Å². The molecule has 0 fully saturated rings. The molecule has 0 unspecified atom stereocenters. The highest BCUT2D eigenvalue weighted by atomic mass is 15.2. The van der Waals surface area contributed by atoms with Gasteiger partial charge in [0.05, 0.1) is 5.69 Å². The predicted molar refractivity (Wildman–Crippen MR) is 78.2 cm³/mol. The van der Waals surface area contributed by atoms with Gasteiger partial charge in [0, 0.05) is 31.7 Å². The van der Waals surface area contributed by atoms with Crippen molar-refractivity contribution in [2.75, 3.05) is 11.9 Å². The Morgan fingerprint density at radius 2 is 2.00 bits per heavy atom. The molecule has 0 bridgehead atoms. The summed E-state index contributed by atoms with van der Waals surface area (Å²) in [5.74, 6) is 1.59. The Labute approximate surface area is 114 Å². The Morgan fingerprint density at radius 3 is 2.68 bits per heavy atom. The standard InChI is InChI=1S/C15H22N4/c1-12(2)10-17-15-18-13(3)11-19(15)9-6-14-4-7-16-8-5-14/h4-5,7-8,11-12H,6,9-10H2,1-3H3,(H,17,18). The normalized spacial score (nSPS) is 10.9. The molecule has 0 amide bonds. The summed E-state index contributed by atoms with van der Waals surface area (Å²) in [6.07, 6.45) is 6.78. The molecule has 2 aromatic heterocycles. The van der Waals surface area contributed by atoms with E-state index in [1.54, 1.807) is 0 Å². The lowest BCUT2D eigenvalue weighted by atomic mass is 10.2. The van der Waals surface area contributed by atoms with Crippen LogP contribution >= 0.6 is 0 Å². The zero-order chi connectivity index (χ0) is 13.7. The Kier molecular flexibility index (Phi) is 4.55. The maximum absolute atomic E-state index is 4.53. The molecule has 2 heterocycles. The van der Waals surface area contributed by atoms with Crippen LogP contribution in [0.2, 0.25) is 0 Å². The molecular formula is C15H22N4. The van der Waals surface area contributed by atoms with Crippen LogP contribution < -0.4 is 5.32 Å². The summed E-state index contributed by atoms with van der Waals surface area (Å²) in [4.78, 5) is 8.57. The molecular weight excluding hydrogens is 236 g/mol. The zero-order valence-electron chi connectivity index (χ0n) is 11.9. The number of aromatic nitrogens is 3. The van der Waals surface area contributed by atoms with Gasteiger partial charge in [0.15, 0.2) is 0 Å². The van der Waals surface area contributed by atoms with Gasteiger partial charge in [-0.25, -0.2) is 4.98 Å². The van der Waals surface area contributed by atoms with Gasteiger partial charge in [-0.15, -0.1) is 0 Å². The third kappa shape index (κ3) is 4.09. The van der Waals surface area contributed by atoms with Crippen molar-refractivity contribution in [3.8, 4) is 0 Å². The van der Waals surface area contributed by atoms with Crippen LogP contribution in [0.1, 0.15) is 25.1 Å². The number of anilines is 1. The van der Waals surface area contributed by atoms with Crippen molar-refractivity contribution in [1.29, 1.82) is 0 Å². The first kappa shape index (κ1) is 13.6. The third-order valence-electron chi connectivity index (χ3n) is 2.96. The van der Waals surface area contributed by atoms with Gasteiger partial charge in [-0.2, -0.15) is 0 Å². The summed E-state index contributed by atoms with van der Waals surface area (Å²) >= 11 is 0. The monoisotopic (exact) mass is 258 g/mol. The van der Waals surface area contributed by atoms with E-state index in [-0.39, 0.29) is 0 Å². The highest BCUT2D eigenvalue weighted by Gasteiger charge is 2.06. The summed E-state index contributed by atoms with van der Waals surface area (Å²) in [6, 6.07) is 4.12. The topological polar surface area (TPSA) is 42.7 Å². The zero-order valence-corrected chi connectivity index (χ0v) is 11.9. The van der Waals surface area contributed by atoms with Crippen molar-refractivity contribution in [2.24, 2.45) is 5.92 Å². The van der Waals surface area contributed by atoms with Crippen LogP contribution in [-0.2, 0) is 13.0 Å². The van der Waals surface area contributed by atoms with Crippen LogP contribution in [0.5, 0.6) is 0 Å². The fourth-order valence-electron chi connectivity index (χ4n) is 1.95. The molecule has 0 aliphatic carbocycles.